The Morgan fingerprint density at radius 2 is 0.586 bits per heavy atom. The Labute approximate surface area is 302 Å². The first-order valence-corrected chi connectivity index (χ1v) is 14.0. The highest BCUT2D eigenvalue weighted by Crippen LogP contribution is 2.62. The van der Waals surface area contributed by atoms with Crippen LogP contribution in [0.5, 0.6) is 0 Å². The summed E-state index contributed by atoms with van der Waals surface area (Å²) in [6.45, 7) is 1.52. The van der Waals surface area contributed by atoms with Crippen molar-refractivity contribution >= 4 is 23.2 Å². The second-order valence-electron chi connectivity index (χ2n) is 11.7. The fourth-order valence-corrected chi connectivity index (χ4v) is 4.19. The maximum Gasteiger partial charge on any atom is 0.460 e. The molecule has 0 atom stereocenters. The molecule has 2 aromatic carbocycles. The highest BCUT2D eigenvalue weighted by atomic mass is 19.4. The summed E-state index contributed by atoms with van der Waals surface area (Å²) < 4.78 is 348. The molecule has 0 aromatic heterocycles. The second-order valence-corrected chi connectivity index (χ2v) is 11.7. The molecule has 58 heavy (non-hydrogen) atoms. The predicted molar refractivity (Wildman–Crippen MR) is 140 cm³/mol. The molecule has 0 aliphatic carbocycles. The van der Waals surface area contributed by atoms with Crippen LogP contribution in [0.4, 0.5) is 126 Å². The molecule has 2 N–H and O–H groups in total. The Kier molecular flexibility index (Phi) is 12.1. The van der Waals surface area contributed by atoms with Crippen LogP contribution in [0, 0.1) is 13.8 Å². The average Bonchev–Trinajstić information content (AvgIpc) is 3.04. The minimum Gasteiger partial charge on any atom is -0.320 e. The van der Waals surface area contributed by atoms with Gasteiger partial charge in [0.25, 0.3) is 0 Å². The van der Waals surface area contributed by atoms with Crippen LogP contribution < -0.4 is 10.6 Å². The monoisotopic (exact) mass is 904 g/mol. The van der Waals surface area contributed by atoms with E-state index in [1.807, 2.05) is 0 Å². The van der Waals surface area contributed by atoms with Gasteiger partial charge in [-0.15, -0.1) is 0 Å². The van der Waals surface area contributed by atoms with E-state index in [-0.39, 0.29) is 11.1 Å². The van der Waals surface area contributed by atoms with Crippen LogP contribution in [0.15, 0.2) is 36.4 Å². The average molecular weight is 904 g/mol. The van der Waals surface area contributed by atoms with Crippen LogP contribution in [0.1, 0.15) is 11.1 Å². The van der Waals surface area contributed by atoms with Gasteiger partial charge in [0.15, 0.2) is 0 Å². The molecule has 0 unspecified atom stereocenters. The third-order valence-electron chi connectivity index (χ3n) is 7.72. The second kappa shape index (κ2) is 14.1. The van der Waals surface area contributed by atoms with Gasteiger partial charge in [-0.1, -0.05) is 12.1 Å². The van der Waals surface area contributed by atoms with Crippen molar-refractivity contribution in [2.75, 3.05) is 10.6 Å². The molecular weight excluding hydrogens is 890 g/mol. The van der Waals surface area contributed by atoms with Crippen LogP contribution in [0.2, 0.25) is 0 Å². The molecule has 0 bridgehead atoms. The summed E-state index contributed by atoms with van der Waals surface area (Å²) in [5.74, 6) is -87.1. The normalized spacial score (nSPS) is 15.0. The van der Waals surface area contributed by atoms with Gasteiger partial charge in [0.2, 0.25) is 0 Å². The van der Waals surface area contributed by atoms with Crippen molar-refractivity contribution < 1.29 is 124 Å². The minimum absolute atomic E-state index is 0.293. The molecule has 0 aliphatic rings. The Bertz CT molecular complexity index is 1760. The van der Waals surface area contributed by atoms with Crippen molar-refractivity contribution in [2.45, 2.75) is 85.4 Å². The first kappa shape index (κ1) is 49.7. The van der Waals surface area contributed by atoms with E-state index in [0.29, 0.717) is 36.4 Å². The Balaban J connectivity index is 2.40. The molecule has 2 aromatic rings. The highest BCUT2D eigenvalue weighted by molar-refractivity contribution is 5.99. The summed E-state index contributed by atoms with van der Waals surface area (Å²) >= 11 is 0. The number of aryl methyl sites for hydroxylation is 2. The van der Waals surface area contributed by atoms with Crippen molar-refractivity contribution in [2.24, 2.45) is 0 Å². The number of benzene rings is 2. The van der Waals surface area contributed by atoms with Crippen LogP contribution in [0.25, 0.3) is 11.1 Å². The minimum atomic E-state index is -8.31. The number of nitrogens with one attached hydrogen (secondary N) is 2. The van der Waals surface area contributed by atoms with Crippen molar-refractivity contribution in [3.8, 4) is 11.1 Å². The van der Waals surface area contributed by atoms with E-state index in [4.69, 9.17) is 0 Å². The van der Waals surface area contributed by atoms with Crippen LogP contribution in [0.3, 0.4) is 0 Å². The summed E-state index contributed by atoms with van der Waals surface area (Å²) in [7, 11) is 0. The number of carbonyl (C=O) groups is 2. The van der Waals surface area contributed by atoms with E-state index in [9.17, 15) is 124 Å². The van der Waals surface area contributed by atoms with E-state index in [0.717, 1.165) is 24.5 Å². The lowest BCUT2D eigenvalue weighted by Gasteiger charge is -2.39. The smallest absolute Gasteiger partial charge is 0.320 e. The van der Waals surface area contributed by atoms with Gasteiger partial charge in [-0.05, 0) is 60.4 Å². The molecular formula is C28H14F26N2O2. The van der Waals surface area contributed by atoms with Crippen molar-refractivity contribution in [1.29, 1.82) is 0 Å². The number of alkyl halides is 26. The summed E-state index contributed by atoms with van der Waals surface area (Å²) in [4.78, 5) is 23.8. The molecule has 2 amide bonds. The lowest BCUT2D eigenvalue weighted by molar-refractivity contribution is -0.436. The predicted octanol–water partition coefficient (Wildman–Crippen LogP) is 11.3. The topological polar surface area (TPSA) is 58.2 Å². The molecule has 0 spiro atoms. The third-order valence-corrected chi connectivity index (χ3v) is 7.72. The van der Waals surface area contributed by atoms with E-state index in [2.05, 4.69) is 0 Å². The standard InChI is InChI=1S/C28H14F26N2O2/c1-9-7-11(3-5-13(9)55-15(57)17(29,30)19(33,34)21(37,38)23(41,42)25(45,46)27(49,50)51)12-4-6-14(10(2)8-12)56-16(58)18(31,32)20(35,36)22(39,40)24(43,44)26(47,48)28(52,53)54/h3-8H,1-2H3,(H,55,57)(H,56,58). The number of halogens is 26. The number of hydrogen-bond donors (Lipinski definition) is 2. The maximum absolute atomic E-state index is 14.2. The van der Waals surface area contributed by atoms with Crippen molar-refractivity contribution in [3.63, 3.8) is 0 Å². The quantitative estimate of drug-likeness (QED) is 0.197. The van der Waals surface area contributed by atoms with Gasteiger partial charge in [0.05, 0.1) is 0 Å². The van der Waals surface area contributed by atoms with Crippen LogP contribution in [-0.2, 0) is 9.59 Å². The molecule has 0 fully saturated rings. The largest absolute Gasteiger partial charge is 0.460 e. The molecule has 0 saturated heterocycles. The molecule has 0 aliphatic heterocycles. The molecule has 2 rings (SSSR count). The van der Waals surface area contributed by atoms with Gasteiger partial charge in [0, 0.05) is 11.4 Å². The lowest BCUT2D eigenvalue weighted by Crippen LogP contribution is -2.71. The SMILES string of the molecule is Cc1cc(-c2ccc(NC(=O)C(F)(F)C(F)(F)C(F)(F)C(F)(F)C(F)(F)C(F)(F)F)c(C)c2)ccc1NC(=O)C(F)(F)C(F)(F)C(F)(F)C(F)(F)C(F)(F)C(F)(F)F. The third kappa shape index (κ3) is 7.17. The molecule has 0 radical (unpaired) electrons. The molecule has 30 heteroatoms. The maximum atomic E-state index is 14.2. The van der Waals surface area contributed by atoms with Crippen LogP contribution in [-0.4, -0.2) is 83.4 Å². The van der Waals surface area contributed by atoms with Crippen molar-refractivity contribution in [3.05, 3.63) is 47.5 Å². The molecule has 0 heterocycles. The van der Waals surface area contributed by atoms with Gasteiger partial charge in [-0.25, -0.2) is 0 Å². The Hall–Kier alpha value is -4.44. The zero-order valence-corrected chi connectivity index (χ0v) is 27.1. The summed E-state index contributed by atoms with van der Waals surface area (Å²) in [6.07, 6.45) is -15.4. The van der Waals surface area contributed by atoms with Gasteiger partial charge in [-0.2, -0.15) is 114 Å². The van der Waals surface area contributed by atoms with Crippen LogP contribution >= 0.6 is 0 Å². The summed E-state index contributed by atoms with van der Waals surface area (Å²) in [5, 5.41) is 1.59. The zero-order chi connectivity index (χ0) is 46.3. The Morgan fingerprint density at radius 1 is 0.362 bits per heavy atom. The lowest BCUT2D eigenvalue weighted by atomic mass is 9.93. The Morgan fingerprint density at radius 3 is 0.793 bits per heavy atom. The van der Waals surface area contributed by atoms with Crippen molar-refractivity contribution in [1.82, 2.24) is 0 Å². The summed E-state index contributed by atoms with van der Waals surface area (Å²) in [6, 6.07) is 3.53. The molecule has 0 saturated carbocycles. The fraction of sp³-hybridized carbons (Fsp3) is 0.500. The van der Waals surface area contributed by atoms with E-state index >= 15 is 0 Å². The first-order chi connectivity index (χ1) is 25.3. The summed E-state index contributed by atoms with van der Waals surface area (Å²) in [5.41, 5.74) is -4.07. The van der Waals surface area contributed by atoms with Gasteiger partial charge in [-0.3, -0.25) is 9.59 Å². The van der Waals surface area contributed by atoms with E-state index in [1.165, 1.54) is 0 Å². The van der Waals surface area contributed by atoms with Gasteiger partial charge in [0.1, 0.15) is 0 Å². The number of amides is 2. The molecule has 330 valence electrons. The number of rotatable bonds is 13. The van der Waals surface area contributed by atoms with E-state index < -0.39 is 106 Å². The van der Waals surface area contributed by atoms with Gasteiger partial charge < -0.3 is 10.6 Å². The highest BCUT2D eigenvalue weighted by Gasteiger charge is 2.93. The zero-order valence-electron chi connectivity index (χ0n) is 27.1. The number of hydrogen-bond acceptors (Lipinski definition) is 2. The fourth-order valence-electron chi connectivity index (χ4n) is 4.19. The first-order valence-electron chi connectivity index (χ1n) is 14.0. The van der Waals surface area contributed by atoms with E-state index in [1.54, 1.807) is 0 Å². The number of carbonyl (C=O) groups excluding carboxylic acids is 2. The number of anilines is 2. The molecule has 4 nitrogen and oxygen atoms in total. The van der Waals surface area contributed by atoms with Gasteiger partial charge >= 0.3 is 83.4 Å².